The fourth-order valence-electron chi connectivity index (χ4n) is 5.46. The maximum Gasteiger partial charge on any atom is 0.310 e. The van der Waals surface area contributed by atoms with Gasteiger partial charge in [0.2, 0.25) is 0 Å². The van der Waals surface area contributed by atoms with Crippen molar-refractivity contribution in [3.8, 4) is 0 Å². The van der Waals surface area contributed by atoms with Crippen LogP contribution < -0.4 is 0 Å². The number of rotatable bonds is 1. The smallest absolute Gasteiger partial charge is 0.310 e. The zero-order valence-corrected chi connectivity index (χ0v) is 13.4. The number of fused-ring (bicyclic) bond motifs is 4. The van der Waals surface area contributed by atoms with Crippen molar-refractivity contribution in [2.75, 3.05) is 20.2 Å². The van der Waals surface area contributed by atoms with E-state index in [4.69, 9.17) is 4.74 Å². The molecule has 2 aromatic rings. The molecule has 1 aromatic heterocycles. The summed E-state index contributed by atoms with van der Waals surface area (Å²) in [5, 5.41) is 1.36. The first-order chi connectivity index (χ1) is 11.3. The van der Waals surface area contributed by atoms with Gasteiger partial charge in [0.25, 0.3) is 0 Å². The van der Waals surface area contributed by atoms with Gasteiger partial charge in [0.15, 0.2) is 0 Å². The van der Waals surface area contributed by atoms with E-state index in [2.05, 4.69) is 34.1 Å². The number of piperidine rings is 2. The molecule has 2 saturated heterocycles. The molecule has 4 nitrogen and oxygen atoms in total. The van der Waals surface area contributed by atoms with Crippen molar-refractivity contribution in [3.63, 3.8) is 0 Å². The Balaban J connectivity index is 1.65. The van der Waals surface area contributed by atoms with E-state index in [0.717, 1.165) is 25.9 Å². The maximum atomic E-state index is 12.3. The van der Waals surface area contributed by atoms with E-state index >= 15 is 0 Å². The molecule has 4 heterocycles. The lowest BCUT2D eigenvalue weighted by atomic mass is 9.66. The summed E-state index contributed by atoms with van der Waals surface area (Å²) in [7, 11) is 1.53. The Morgan fingerprint density at radius 3 is 3.04 bits per heavy atom. The van der Waals surface area contributed by atoms with Crippen LogP contribution in [0.4, 0.5) is 0 Å². The second-order valence-electron chi connectivity index (χ2n) is 7.37. The van der Waals surface area contributed by atoms with Gasteiger partial charge in [-0.3, -0.25) is 9.69 Å². The Bertz CT molecular complexity index is 781. The van der Waals surface area contributed by atoms with E-state index in [1.165, 1.54) is 35.7 Å². The van der Waals surface area contributed by atoms with Crippen molar-refractivity contribution >= 4 is 16.9 Å². The van der Waals surface area contributed by atoms with Crippen LogP contribution in [0, 0.1) is 11.8 Å². The lowest BCUT2D eigenvalue weighted by Crippen LogP contribution is -2.58. The van der Waals surface area contributed by atoms with Gasteiger partial charge in [-0.25, -0.2) is 0 Å². The number of nitrogens with zero attached hydrogens (tertiary/aromatic N) is 1. The lowest BCUT2D eigenvalue weighted by Gasteiger charge is -2.52. The van der Waals surface area contributed by atoms with E-state index in [9.17, 15) is 4.79 Å². The Kier molecular flexibility index (Phi) is 2.87. The Labute approximate surface area is 135 Å². The van der Waals surface area contributed by atoms with Crippen molar-refractivity contribution in [3.05, 3.63) is 35.5 Å². The summed E-state index contributed by atoms with van der Waals surface area (Å²) in [5.74, 6) is 1.08. The van der Waals surface area contributed by atoms with Crippen molar-refractivity contribution in [2.24, 2.45) is 11.8 Å². The van der Waals surface area contributed by atoms with Crippen LogP contribution in [0.2, 0.25) is 0 Å². The number of hydrogen-bond donors (Lipinski definition) is 1. The molecular formula is C19H22N2O2. The second-order valence-corrected chi connectivity index (χ2v) is 7.37. The van der Waals surface area contributed by atoms with E-state index in [1.54, 1.807) is 0 Å². The molecule has 120 valence electrons. The van der Waals surface area contributed by atoms with Crippen molar-refractivity contribution < 1.29 is 9.53 Å². The molecule has 23 heavy (non-hydrogen) atoms. The minimum atomic E-state index is -0.0195. The number of hydrogen-bond acceptors (Lipinski definition) is 3. The fraction of sp³-hybridized carbons (Fsp3) is 0.526. The van der Waals surface area contributed by atoms with Gasteiger partial charge in [-0.05, 0) is 36.8 Å². The molecule has 6 rings (SSSR count). The third-order valence-corrected chi connectivity index (χ3v) is 6.28. The zero-order chi connectivity index (χ0) is 15.6. The first-order valence-corrected chi connectivity index (χ1v) is 8.67. The summed E-state index contributed by atoms with van der Waals surface area (Å²) in [6.07, 6.45) is 3.28. The number of ether oxygens (including phenoxy) is 1. The number of aromatic nitrogens is 1. The number of nitrogens with one attached hydrogen (secondary N) is 1. The van der Waals surface area contributed by atoms with Crippen molar-refractivity contribution in [1.29, 1.82) is 0 Å². The molecule has 0 amide bonds. The summed E-state index contributed by atoms with van der Waals surface area (Å²) < 4.78 is 5.12. The molecule has 4 heteroatoms. The predicted molar refractivity (Wildman–Crippen MR) is 88.3 cm³/mol. The number of aromatic amines is 1. The SMILES string of the molecule is COC(=O)[C@H]1C[C@@H]2CC3c4[nH]c5ccccc5c4CCN(C2)[C@H]31. The number of esters is 1. The van der Waals surface area contributed by atoms with E-state index in [0.29, 0.717) is 17.9 Å². The van der Waals surface area contributed by atoms with Crippen molar-refractivity contribution in [1.82, 2.24) is 9.88 Å². The Hall–Kier alpha value is -1.81. The van der Waals surface area contributed by atoms with Gasteiger partial charge in [0.1, 0.15) is 0 Å². The normalized spacial score (nSPS) is 34.9. The number of carbonyl (C=O) groups is 1. The van der Waals surface area contributed by atoms with E-state index < -0.39 is 0 Å². The topological polar surface area (TPSA) is 45.3 Å². The molecule has 3 aliphatic heterocycles. The van der Waals surface area contributed by atoms with Gasteiger partial charge in [0, 0.05) is 41.6 Å². The standard InChI is InChI=1S/C19H22N2O2/c1-23-19(22)15-9-11-8-14-17-13(6-7-21(10-11)18(14)15)12-4-2-3-5-16(12)20-17/h2-5,11,14-15,18,20H,6-10H2,1H3/t11-,14?,15-,18+/m0/s1. The Morgan fingerprint density at radius 1 is 1.30 bits per heavy atom. The van der Waals surface area contributed by atoms with E-state index in [-0.39, 0.29) is 11.9 Å². The summed E-state index contributed by atoms with van der Waals surface area (Å²) in [4.78, 5) is 18.6. The quantitative estimate of drug-likeness (QED) is 0.824. The summed E-state index contributed by atoms with van der Waals surface area (Å²) in [6, 6.07) is 8.92. The molecule has 4 bridgehead atoms. The second kappa shape index (κ2) is 4.84. The molecular weight excluding hydrogens is 288 g/mol. The van der Waals surface area contributed by atoms with E-state index in [1.807, 2.05) is 0 Å². The lowest BCUT2D eigenvalue weighted by molar-refractivity contribution is -0.154. The zero-order valence-electron chi connectivity index (χ0n) is 13.4. The van der Waals surface area contributed by atoms with Crippen LogP contribution in [0.25, 0.3) is 10.9 Å². The van der Waals surface area contributed by atoms with Crippen LogP contribution in [0.1, 0.15) is 30.0 Å². The summed E-state index contributed by atoms with van der Waals surface area (Å²) in [5.41, 5.74) is 4.10. The molecule has 1 saturated carbocycles. The molecule has 4 aliphatic rings. The first kappa shape index (κ1) is 13.6. The highest BCUT2D eigenvalue weighted by molar-refractivity contribution is 5.85. The van der Waals surface area contributed by atoms with Gasteiger partial charge in [0.05, 0.1) is 13.0 Å². The summed E-state index contributed by atoms with van der Waals surface area (Å²) in [6.45, 7) is 2.21. The monoisotopic (exact) mass is 310 g/mol. The summed E-state index contributed by atoms with van der Waals surface area (Å²) >= 11 is 0. The van der Waals surface area contributed by atoms with Crippen LogP contribution >= 0.6 is 0 Å². The molecule has 5 atom stereocenters. The number of H-pyrrole nitrogens is 1. The van der Waals surface area contributed by atoms with Crippen LogP contribution in [0.3, 0.4) is 0 Å². The molecule has 1 aliphatic carbocycles. The highest BCUT2D eigenvalue weighted by atomic mass is 16.5. The predicted octanol–water partition coefficient (Wildman–Crippen LogP) is 2.69. The van der Waals surface area contributed by atoms with Gasteiger partial charge in [-0.15, -0.1) is 0 Å². The van der Waals surface area contributed by atoms with Crippen LogP contribution in [0.15, 0.2) is 24.3 Å². The van der Waals surface area contributed by atoms with Crippen LogP contribution in [-0.2, 0) is 16.0 Å². The number of benzene rings is 1. The third-order valence-electron chi connectivity index (χ3n) is 6.28. The Morgan fingerprint density at radius 2 is 2.17 bits per heavy atom. The minimum Gasteiger partial charge on any atom is -0.469 e. The van der Waals surface area contributed by atoms with Crippen LogP contribution in [0.5, 0.6) is 0 Å². The first-order valence-electron chi connectivity index (χ1n) is 8.67. The highest BCUT2D eigenvalue weighted by Gasteiger charge is 2.52. The van der Waals surface area contributed by atoms with Crippen molar-refractivity contribution in [2.45, 2.75) is 31.2 Å². The van der Waals surface area contributed by atoms with Gasteiger partial charge >= 0.3 is 5.97 Å². The molecule has 1 N–H and O–H groups in total. The number of carbonyl (C=O) groups excluding carboxylic acids is 1. The maximum absolute atomic E-state index is 12.3. The molecule has 0 radical (unpaired) electrons. The third kappa shape index (κ3) is 1.84. The number of para-hydroxylation sites is 1. The minimum absolute atomic E-state index is 0.0195. The average molecular weight is 310 g/mol. The fourth-order valence-corrected chi connectivity index (χ4v) is 5.46. The molecule has 2 unspecified atom stereocenters. The molecule has 0 spiro atoms. The van der Waals surface area contributed by atoms with Gasteiger partial charge in [-0.2, -0.15) is 0 Å². The highest BCUT2D eigenvalue weighted by Crippen LogP contribution is 2.50. The van der Waals surface area contributed by atoms with Gasteiger partial charge in [-0.1, -0.05) is 18.2 Å². The molecule has 3 fully saturated rings. The van der Waals surface area contributed by atoms with Crippen LogP contribution in [-0.4, -0.2) is 42.1 Å². The number of methoxy groups -OCH3 is 1. The molecule has 1 aromatic carbocycles. The largest absolute Gasteiger partial charge is 0.469 e. The van der Waals surface area contributed by atoms with Gasteiger partial charge < -0.3 is 9.72 Å². The average Bonchev–Trinajstić information content (AvgIpc) is 2.92.